The van der Waals surface area contributed by atoms with Crippen molar-refractivity contribution >= 4 is 0 Å². The fourth-order valence-corrected chi connectivity index (χ4v) is 2.65. The summed E-state index contributed by atoms with van der Waals surface area (Å²) in [4.78, 5) is 0. The van der Waals surface area contributed by atoms with Gasteiger partial charge in [-0.05, 0) is 43.5 Å². The Bertz CT molecular complexity index is 566. The Morgan fingerprint density at radius 2 is 1.90 bits per heavy atom. The van der Waals surface area contributed by atoms with Crippen LogP contribution in [0.15, 0.2) is 24.4 Å². The lowest BCUT2D eigenvalue weighted by molar-refractivity contribution is 0.199. The molecule has 0 saturated carbocycles. The molecule has 2 aromatic rings. The van der Waals surface area contributed by atoms with E-state index in [9.17, 15) is 0 Å². The summed E-state index contributed by atoms with van der Waals surface area (Å²) in [6.45, 7) is 9.71. The van der Waals surface area contributed by atoms with Crippen LogP contribution in [0.3, 0.4) is 0 Å². The monoisotopic (exact) mass is 287 g/mol. The highest BCUT2D eigenvalue weighted by molar-refractivity contribution is 5.37. The molecule has 0 aliphatic rings. The van der Waals surface area contributed by atoms with Crippen molar-refractivity contribution in [2.75, 3.05) is 20.3 Å². The highest BCUT2D eigenvalue weighted by Gasteiger charge is 2.08. The number of nitrogens with one attached hydrogen (secondary N) is 1. The van der Waals surface area contributed by atoms with Gasteiger partial charge in [-0.3, -0.25) is 4.68 Å². The van der Waals surface area contributed by atoms with Gasteiger partial charge < -0.3 is 10.1 Å². The molecule has 0 bridgehead atoms. The third-order valence-electron chi connectivity index (χ3n) is 3.74. The van der Waals surface area contributed by atoms with Gasteiger partial charge in [-0.25, -0.2) is 0 Å². The maximum Gasteiger partial charge on any atom is 0.0668 e. The van der Waals surface area contributed by atoms with Crippen LogP contribution in [-0.2, 0) is 17.8 Å². The first kappa shape index (κ1) is 15.7. The fourth-order valence-electron chi connectivity index (χ4n) is 2.65. The number of benzene rings is 1. The van der Waals surface area contributed by atoms with E-state index in [1.807, 2.05) is 6.20 Å². The maximum absolute atomic E-state index is 5.04. The molecule has 0 saturated heterocycles. The quantitative estimate of drug-likeness (QED) is 0.796. The first-order valence-electron chi connectivity index (χ1n) is 7.39. The van der Waals surface area contributed by atoms with E-state index in [0.29, 0.717) is 0 Å². The molecule has 1 aromatic heterocycles. The molecule has 0 atom stereocenters. The Balaban J connectivity index is 2.09. The van der Waals surface area contributed by atoms with E-state index in [1.54, 1.807) is 7.11 Å². The van der Waals surface area contributed by atoms with Crippen molar-refractivity contribution in [3.8, 4) is 0 Å². The minimum absolute atomic E-state index is 0.727. The zero-order valence-corrected chi connectivity index (χ0v) is 13.4. The average molecular weight is 287 g/mol. The summed E-state index contributed by atoms with van der Waals surface area (Å²) in [5.74, 6) is 0. The van der Waals surface area contributed by atoms with E-state index >= 15 is 0 Å². The van der Waals surface area contributed by atoms with Crippen LogP contribution >= 0.6 is 0 Å². The predicted octanol–water partition coefficient (Wildman–Crippen LogP) is 2.59. The Labute approximate surface area is 127 Å². The van der Waals surface area contributed by atoms with Crippen LogP contribution in [0, 0.1) is 20.8 Å². The minimum atomic E-state index is 0.727. The highest BCUT2D eigenvalue weighted by Crippen LogP contribution is 2.18. The van der Waals surface area contributed by atoms with Crippen molar-refractivity contribution < 1.29 is 4.74 Å². The van der Waals surface area contributed by atoms with Gasteiger partial charge in [-0.2, -0.15) is 5.10 Å². The molecule has 0 radical (unpaired) electrons. The SMILES string of the molecule is COCCNCc1ccnn1Cc1c(C)cc(C)cc1C. The van der Waals surface area contributed by atoms with E-state index in [-0.39, 0.29) is 0 Å². The molecule has 0 fully saturated rings. The van der Waals surface area contributed by atoms with Gasteiger partial charge in [-0.1, -0.05) is 17.7 Å². The number of aromatic nitrogens is 2. The largest absolute Gasteiger partial charge is 0.383 e. The average Bonchev–Trinajstić information content (AvgIpc) is 2.86. The molecule has 21 heavy (non-hydrogen) atoms. The Morgan fingerprint density at radius 3 is 2.57 bits per heavy atom. The molecule has 4 nitrogen and oxygen atoms in total. The normalized spacial score (nSPS) is 11.0. The zero-order valence-electron chi connectivity index (χ0n) is 13.4. The number of ether oxygens (including phenoxy) is 1. The molecule has 1 heterocycles. The number of rotatable bonds is 7. The molecule has 114 valence electrons. The summed E-state index contributed by atoms with van der Waals surface area (Å²) in [6, 6.07) is 6.54. The minimum Gasteiger partial charge on any atom is -0.383 e. The van der Waals surface area contributed by atoms with Crippen LogP contribution in [0.4, 0.5) is 0 Å². The second-order valence-corrected chi connectivity index (χ2v) is 5.53. The number of hydrogen-bond acceptors (Lipinski definition) is 3. The summed E-state index contributed by atoms with van der Waals surface area (Å²) >= 11 is 0. The van der Waals surface area contributed by atoms with Crippen molar-refractivity contribution in [1.29, 1.82) is 0 Å². The smallest absolute Gasteiger partial charge is 0.0668 e. The van der Waals surface area contributed by atoms with E-state index in [4.69, 9.17) is 4.74 Å². The van der Waals surface area contributed by atoms with Crippen LogP contribution in [0.2, 0.25) is 0 Å². The van der Waals surface area contributed by atoms with Gasteiger partial charge in [0, 0.05) is 26.4 Å². The molecule has 1 N–H and O–H groups in total. The summed E-state index contributed by atoms with van der Waals surface area (Å²) in [7, 11) is 1.72. The van der Waals surface area contributed by atoms with Gasteiger partial charge in [0.25, 0.3) is 0 Å². The van der Waals surface area contributed by atoms with Crippen molar-refractivity contribution in [1.82, 2.24) is 15.1 Å². The zero-order chi connectivity index (χ0) is 15.2. The molecule has 0 amide bonds. The van der Waals surface area contributed by atoms with Crippen molar-refractivity contribution in [2.45, 2.75) is 33.9 Å². The molecule has 0 unspecified atom stereocenters. The van der Waals surface area contributed by atoms with Gasteiger partial charge >= 0.3 is 0 Å². The van der Waals surface area contributed by atoms with Crippen LogP contribution in [0.5, 0.6) is 0 Å². The van der Waals surface area contributed by atoms with Crippen LogP contribution in [0.25, 0.3) is 0 Å². The van der Waals surface area contributed by atoms with E-state index in [2.05, 4.69) is 54.1 Å². The van der Waals surface area contributed by atoms with Gasteiger partial charge in [0.15, 0.2) is 0 Å². The van der Waals surface area contributed by atoms with Crippen LogP contribution in [0.1, 0.15) is 27.9 Å². The summed E-state index contributed by atoms with van der Waals surface area (Å²) < 4.78 is 7.12. The summed E-state index contributed by atoms with van der Waals surface area (Å²) in [5.41, 5.74) is 6.55. The third kappa shape index (κ3) is 4.16. The number of methoxy groups -OCH3 is 1. The Morgan fingerprint density at radius 1 is 1.19 bits per heavy atom. The second-order valence-electron chi connectivity index (χ2n) is 5.53. The van der Waals surface area contributed by atoms with Gasteiger partial charge in [0.05, 0.1) is 18.8 Å². The third-order valence-corrected chi connectivity index (χ3v) is 3.74. The van der Waals surface area contributed by atoms with E-state index in [0.717, 1.165) is 26.2 Å². The van der Waals surface area contributed by atoms with Crippen molar-refractivity contribution in [2.24, 2.45) is 0 Å². The number of nitrogens with zero attached hydrogens (tertiary/aromatic N) is 2. The first-order valence-corrected chi connectivity index (χ1v) is 7.39. The maximum atomic E-state index is 5.04. The van der Waals surface area contributed by atoms with Crippen LogP contribution < -0.4 is 5.32 Å². The molecule has 1 aromatic carbocycles. The number of aryl methyl sites for hydroxylation is 3. The summed E-state index contributed by atoms with van der Waals surface area (Å²) in [5, 5.41) is 7.83. The molecular weight excluding hydrogens is 262 g/mol. The van der Waals surface area contributed by atoms with Crippen LogP contribution in [-0.4, -0.2) is 30.0 Å². The van der Waals surface area contributed by atoms with Crippen molar-refractivity contribution in [3.05, 3.63) is 52.3 Å². The lowest BCUT2D eigenvalue weighted by atomic mass is 10.00. The molecule has 0 aliphatic heterocycles. The number of hydrogen-bond donors (Lipinski definition) is 1. The molecule has 4 heteroatoms. The lowest BCUT2D eigenvalue weighted by Crippen LogP contribution is -2.21. The van der Waals surface area contributed by atoms with Gasteiger partial charge in [-0.15, -0.1) is 0 Å². The topological polar surface area (TPSA) is 39.1 Å². The van der Waals surface area contributed by atoms with Gasteiger partial charge in [0.2, 0.25) is 0 Å². The Kier molecular flexibility index (Phi) is 5.53. The summed E-state index contributed by atoms with van der Waals surface area (Å²) in [6.07, 6.45) is 1.87. The van der Waals surface area contributed by atoms with E-state index < -0.39 is 0 Å². The standard InChI is InChI=1S/C17H25N3O/c1-13-9-14(2)17(15(3)10-13)12-20-16(5-6-19-20)11-18-7-8-21-4/h5-6,9-10,18H,7-8,11-12H2,1-4H3. The fraction of sp³-hybridized carbons (Fsp3) is 0.471. The predicted molar refractivity (Wildman–Crippen MR) is 85.6 cm³/mol. The van der Waals surface area contributed by atoms with Gasteiger partial charge in [0.1, 0.15) is 0 Å². The van der Waals surface area contributed by atoms with Crippen molar-refractivity contribution in [3.63, 3.8) is 0 Å². The second kappa shape index (κ2) is 7.38. The molecule has 2 rings (SSSR count). The molecule has 0 spiro atoms. The lowest BCUT2D eigenvalue weighted by Gasteiger charge is -2.14. The highest BCUT2D eigenvalue weighted by atomic mass is 16.5. The Hall–Kier alpha value is -1.65. The van der Waals surface area contributed by atoms with E-state index in [1.165, 1.54) is 27.9 Å². The molecule has 0 aliphatic carbocycles. The molecular formula is C17H25N3O. The first-order chi connectivity index (χ1) is 10.1.